The van der Waals surface area contributed by atoms with Crippen LogP contribution in [0.25, 0.3) is 0 Å². The summed E-state index contributed by atoms with van der Waals surface area (Å²) in [6.07, 6.45) is 0.637. The summed E-state index contributed by atoms with van der Waals surface area (Å²) in [6.45, 7) is -0.672. The summed E-state index contributed by atoms with van der Waals surface area (Å²) in [6, 6.07) is 1.58. The first-order valence-electron chi connectivity index (χ1n) is 8.88. The van der Waals surface area contributed by atoms with Crippen molar-refractivity contribution in [2.24, 2.45) is 0 Å². The van der Waals surface area contributed by atoms with Crippen molar-refractivity contribution in [1.82, 2.24) is 5.32 Å². The predicted molar refractivity (Wildman–Crippen MR) is 116 cm³/mol. The van der Waals surface area contributed by atoms with Crippen LogP contribution in [0.4, 0.5) is 17.1 Å². The minimum Gasteiger partial charge on any atom is -0.469 e. The first-order valence-corrected chi connectivity index (χ1v) is 11.8. The lowest BCUT2D eigenvalue weighted by Gasteiger charge is -2.25. The molecule has 0 aliphatic rings. The number of nitrogens with zero attached hydrogens (tertiary/aromatic N) is 3. The van der Waals surface area contributed by atoms with E-state index in [0.717, 1.165) is 19.4 Å². The average molecular weight is 541 g/mol. The van der Waals surface area contributed by atoms with Crippen LogP contribution in [0.5, 0.6) is 0 Å². The normalized spacial score (nSPS) is 11.0. The molecule has 32 heavy (non-hydrogen) atoms. The molecule has 1 amide bonds. The van der Waals surface area contributed by atoms with Crippen molar-refractivity contribution in [3.05, 3.63) is 37.9 Å². The number of benzene rings is 1. The second kappa shape index (κ2) is 12.3. The van der Waals surface area contributed by atoms with Gasteiger partial charge in [0.25, 0.3) is 27.4 Å². The first kappa shape index (κ1) is 27.2. The average Bonchev–Trinajstić information content (AvgIpc) is 2.70. The summed E-state index contributed by atoms with van der Waals surface area (Å²) < 4.78 is 31.6. The fourth-order valence-electron chi connectivity index (χ4n) is 2.57. The molecule has 1 rings (SSSR count). The smallest absolute Gasteiger partial charge is 0.307 e. The molecule has 0 saturated carbocycles. The van der Waals surface area contributed by atoms with E-state index in [-0.39, 0.29) is 43.7 Å². The number of ether oxygens (including phenoxy) is 1. The summed E-state index contributed by atoms with van der Waals surface area (Å²) in [4.78, 5) is 46.5. The summed E-state index contributed by atoms with van der Waals surface area (Å²) in [5, 5.41) is 25.6. The maximum Gasteiger partial charge on any atom is 0.307 e. The molecule has 0 fully saturated rings. The number of esters is 1. The van der Waals surface area contributed by atoms with Gasteiger partial charge < -0.3 is 15.0 Å². The van der Waals surface area contributed by atoms with Gasteiger partial charge in [-0.15, -0.1) is 0 Å². The zero-order valence-electron chi connectivity index (χ0n) is 17.1. The van der Waals surface area contributed by atoms with E-state index in [1.165, 1.54) is 4.90 Å². The standard InChI is InChI=1S/C16H21BrN4O10S/c1-30-14(22)3-5-18-16(23)12-9-11(20(24)25)10-13(21(26)27)15(12)19(6-4-17)7-8-31-32(2,28)29/h9-10H,3-8H2,1-2H3,(H,18,23). The van der Waals surface area contributed by atoms with Crippen molar-refractivity contribution in [2.45, 2.75) is 6.42 Å². The van der Waals surface area contributed by atoms with Crippen LogP contribution in [0.15, 0.2) is 12.1 Å². The quantitative estimate of drug-likeness (QED) is 0.123. The van der Waals surface area contributed by atoms with E-state index in [9.17, 15) is 38.2 Å². The lowest BCUT2D eigenvalue weighted by atomic mass is 10.1. The predicted octanol–water partition coefficient (Wildman–Crippen LogP) is 0.973. The van der Waals surface area contributed by atoms with Gasteiger partial charge in [0, 0.05) is 31.0 Å². The van der Waals surface area contributed by atoms with Gasteiger partial charge in [-0.25, -0.2) is 0 Å². The Balaban J connectivity index is 3.48. The molecular formula is C16H21BrN4O10S. The van der Waals surface area contributed by atoms with E-state index in [4.69, 9.17) is 0 Å². The number of nitro benzene ring substituents is 2. The number of non-ortho nitro benzene ring substituents is 1. The number of carbonyl (C=O) groups is 2. The highest BCUT2D eigenvalue weighted by Gasteiger charge is 2.31. The Kier molecular flexibility index (Phi) is 10.4. The second-order valence-electron chi connectivity index (χ2n) is 6.16. The number of rotatable bonds is 13. The van der Waals surface area contributed by atoms with Crippen molar-refractivity contribution in [1.29, 1.82) is 0 Å². The zero-order valence-corrected chi connectivity index (χ0v) is 19.5. The molecule has 1 N–H and O–H groups in total. The molecule has 0 radical (unpaired) electrons. The van der Waals surface area contributed by atoms with Crippen molar-refractivity contribution in [3.8, 4) is 0 Å². The Morgan fingerprint density at radius 2 is 1.84 bits per heavy atom. The Morgan fingerprint density at radius 3 is 2.34 bits per heavy atom. The third kappa shape index (κ3) is 8.35. The largest absolute Gasteiger partial charge is 0.469 e. The Morgan fingerprint density at radius 1 is 1.19 bits per heavy atom. The molecule has 0 saturated heterocycles. The monoisotopic (exact) mass is 540 g/mol. The van der Waals surface area contributed by atoms with Crippen molar-refractivity contribution in [3.63, 3.8) is 0 Å². The van der Waals surface area contributed by atoms with Crippen LogP contribution in [0, 0.1) is 20.2 Å². The number of nitro groups is 2. The van der Waals surface area contributed by atoms with E-state index in [2.05, 4.69) is 30.2 Å². The van der Waals surface area contributed by atoms with Crippen molar-refractivity contribution in [2.75, 3.05) is 49.8 Å². The van der Waals surface area contributed by atoms with Gasteiger partial charge in [-0.2, -0.15) is 8.42 Å². The number of halogens is 1. The van der Waals surface area contributed by atoms with Crippen LogP contribution in [-0.2, 0) is 23.8 Å². The van der Waals surface area contributed by atoms with E-state index in [1.54, 1.807) is 0 Å². The Bertz CT molecular complexity index is 985. The van der Waals surface area contributed by atoms with Gasteiger partial charge in [-0.3, -0.25) is 34.0 Å². The number of nitrogens with one attached hydrogen (secondary N) is 1. The third-order valence-corrected chi connectivity index (χ3v) is 4.85. The van der Waals surface area contributed by atoms with Crippen LogP contribution in [-0.4, -0.2) is 75.1 Å². The number of carbonyl (C=O) groups excluding carboxylic acids is 2. The minimum absolute atomic E-state index is 0.0776. The highest BCUT2D eigenvalue weighted by atomic mass is 79.9. The minimum atomic E-state index is -3.80. The van der Waals surface area contributed by atoms with E-state index < -0.39 is 48.8 Å². The van der Waals surface area contributed by atoms with Crippen LogP contribution >= 0.6 is 15.9 Å². The summed E-state index contributed by atoms with van der Waals surface area (Å²) >= 11 is 3.17. The number of alkyl halides is 1. The van der Waals surface area contributed by atoms with Gasteiger partial charge in [0.2, 0.25) is 0 Å². The van der Waals surface area contributed by atoms with Crippen molar-refractivity contribution < 1.29 is 36.8 Å². The highest BCUT2D eigenvalue weighted by molar-refractivity contribution is 9.09. The topological polar surface area (TPSA) is 188 Å². The maximum absolute atomic E-state index is 12.8. The van der Waals surface area contributed by atoms with Crippen LogP contribution in [0.1, 0.15) is 16.8 Å². The molecule has 0 aliphatic heterocycles. The van der Waals surface area contributed by atoms with Gasteiger partial charge in [-0.1, -0.05) is 15.9 Å². The Labute approximate surface area is 191 Å². The molecule has 0 spiro atoms. The van der Waals surface area contributed by atoms with E-state index in [1.807, 2.05) is 0 Å². The van der Waals surface area contributed by atoms with Crippen LogP contribution in [0.3, 0.4) is 0 Å². The fraction of sp³-hybridized carbons (Fsp3) is 0.500. The van der Waals surface area contributed by atoms with Gasteiger partial charge >= 0.3 is 5.97 Å². The molecule has 178 valence electrons. The summed E-state index contributed by atoms with van der Waals surface area (Å²) in [7, 11) is -2.64. The van der Waals surface area contributed by atoms with Gasteiger partial charge in [-0.05, 0) is 0 Å². The molecule has 0 aromatic heterocycles. The molecule has 16 heteroatoms. The molecule has 1 aromatic rings. The fourth-order valence-corrected chi connectivity index (χ4v) is 3.37. The number of amides is 1. The lowest BCUT2D eigenvalue weighted by molar-refractivity contribution is -0.393. The SMILES string of the molecule is COC(=O)CCNC(=O)c1cc([N+](=O)[O-])cc([N+](=O)[O-])c1N(CCBr)CCOS(C)(=O)=O. The van der Waals surface area contributed by atoms with E-state index >= 15 is 0 Å². The highest BCUT2D eigenvalue weighted by Crippen LogP contribution is 2.36. The van der Waals surface area contributed by atoms with Crippen LogP contribution in [0.2, 0.25) is 0 Å². The number of anilines is 1. The van der Waals surface area contributed by atoms with E-state index in [0.29, 0.717) is 6.07 Å². The zero-order chi connectivity index (χ0) is 24.5. The number of methoxy groups -OCH3 is 1. The molecule has 0 atom stereocenters. The number of hydrogen-bond acceptors (Lipinski definition) is 11. The van der Waals surface area contributed by atoms with Gasteiger partial charge in [0.05, 0.1) is 47.9 Å². The molecule has 0 aliphatic carbocycles. The van der Waals surface area contributed by atoms with Crippen molar-refractivity contribution >= 4 is 55.0 Å². The molecule has 0 bridgehead atoms. The van der Waals surface area contributed by atoms with Gasteiger partial charge in [0.1, 0.15) is 5.69 Å². The molecule has 1 aromatic carbocycles. The summed E-state index contributed by atoms with van der Waals surface area (Å²) in [5.74, 6) is -1.52. The Hall–Kier alpha value is -2.85. The molecule has 0 heterocycles. The van der Waals surface area contributed by atoms with Gasteiger partial charge in [0.15, 0.2) is 0 Å². The molecular weight excluding hydrogens is 520 g/mol. The maximum atomic E-state index is 12.8. The molecule has 0 unspecified atom stereocenters. The lowest BCUT2D eigenvalue weighted by Crippen LogP contribution is -2.34. The third-order valence-electron chi connectivity index (χ3n) is 3.90. The summed E-state index contributed by atoms with van der Waals surface area (Å²) in [5.41, 5.74) is -2.06. The first-order chi connectivity index (χ1) is 14.9. The molecule has 14 nitrogen and oxygen atoms in total. The number of hydrogen-bond donors (Lipinski definition) is 1. The van der Waals surface area contributed by atoms with Crippen LogP contribution < -0.4 is 10.2 Å². The second-order valence-corrected chi connectivity index (χ2v) is 8.60.